The van der Waals surface area contributed by atoms with Gasteiger partial charge in [-0.25, -0.2) is 0 Å². The van der Waals surface area contributed by atoms with E-state index < -0.39 is 12.0 Å². The van der Waals surface area contributed by atoms with Crippen molar-refractivity contribution in [2.45, 2.75) is 39.0 Å². The number of aryl methyl sites for hydroxylation is 1. The molecule has 7 rings (SSSR count). The number of nitrogens with two attached hydrogens (primary N) is 1. The summed E-state index contributed by atoms with van der Waals surface area (Å²) in [7, 11) is 0. The van der Waals surface area contributed by atoms with Crippen molar-refractivity contribution >= 4 is 50.6 Å². The van der Waals surface area contributed by atoms with E-state index >= 15 is 0 Å². The molecule has 1 aliphatic heterocycles. The molecule has 0 aliphatic carbocycles. The number of rotatable bonds is 10. The standard InChI is InChI=1S/C39H37N5O3/c1-27(45)47-44-37-32-16-9-8-15-30(32)17-19-35(37)41-39(46)38(44)34-26-42(22-10-21-40)36-20-18-31(23-33(34)36)43(24-28-11-4-2-5-12-28)25-29-13-6-3-7-14-29/h2-9,11-20,23,26,38H,10,21-22,24-25,40H2,1H3,(H,41,46). The van der Waals surface area contributed by atoms with Gasteiger partial charge in [-0.2, -0.15) is 5.06 Å². The van der Waals surface area contributed by atoms with Crippen LogP contribution in [-0.4, -0.2) is 23.0 Å². The molecule has 0 fully saturated rings. The molecule has 0 spiro atoms. The molecule has 6 aromatic rings. The molecule has 236 valence electrons. The maximum atomic E-state index is 14.1. The second-order valence-corrected chi connectivity index (χ2v) is 11.9. The number of carbonyl (C=O) groups excluding carboxylic acids is 2. The van der Waals surface area contributed by atoms with Crippen molar-refractivity contribution in [2.75, 3.05) is 21.8 Å². The first-order chi connectivity index (χ1) is 23.0. The van der Waals surface area contributed by atoms with Gasteiger partial charge in [0.05, 0.1) is 5.69 Å². The van der Waals surface area contributed by atoms with Crippen LogP contribution >= 0.6 is 0 Å². The fourth-order valence-electron chi connectivity index (χ4n) is 6.55. The Bertz CT molecular complexity index is 2020. The summed E-state index contributed by atoms with van der Waals surface area (Å²) >= 11 is 0. The van der Waals surface area contributed by atoms with E-state index in [1.165, 1.54) is 23.1 Å². The molecule has 8 nitrogen and oxygen atoms in total. The Hall–Kier alpha value is -5.60. The zero-order valence-corrected chi connectivity index (χ0v) is 26.3. The van der Waals surface area contributed by atoms with Gasteiger partial charge in [0.25, 0.3) is 5.91 Å². The first kappa shape index (κ1) is 30.1. The smallest absolute Gasteiger partial charge is 0.329 e. The Morgan fingerprint density at radius 1 is 0.851 bits per heavy atom. The number of fused-ring (bicyclic) bond motifs is 4. The molecule has 5 aromatic carbocycles. The molecule has 0 saturated carbocycles. The Morgan fingerprint density at radius 3 is 2.21 bits per heavy atom. The highest BCUT2D eigenvalue weighted by molar-refractivity contribution is 6.12. The van der Waals surface area contributed by atoms with E-state index in [2.05, 4.69) is 81.5 Å². The summed E-state index contributed by atoms with van der Waals surface area (Å²) in [5.41, 5.74) is 12.3. The average molecular weight is 624 g/mol. The van der Waals surface area contributed by atoms with Crippen LogP contribution in [0.15, 0.2) is 121 Å². The molecule has 1 atom stereocenters. The number of nitrogens with one attached hydrogen (secondary N) is 1. The molecule has 1 unspecified atom stereocenters. The largest absolute Gasteiger partial charge is 0.363 e. The van der Waals surface area contributed by atoms with E-state index in [1.54, 1.807) is 0 Å². The minimum atomic E-state index is -0.925. The van der Waals surface area contributed by atoms with E-state index in [9.17, 15) is 9.59 Å². The summed E-state index contributed by atoms with van der Waals surface area (Å²) < 4.78 is 2.15. The summed E-state index contributed by atoms with van der Waals surface area (Å²) in [6, 6.07) is 38.0. The summed E-state index contributed by atoms with van der Waals surface area (Å²) in [6.45, 7) is 3.99. The second kappa shape index (κ2) is 13.0. The maximum absolute atomic E-state index is 14.1. The molecular weight excluding hydrogens is 586 g/mol. The van der Waals surface area contributed by atoms with Gasteiger partial charge in [0.15, 0.2) is 6.04 Å². The van der Waals surface area contributed by atoms with Gasteiger partial charge in [-0.15, -0.1) is 0 Å². The summed E-state index contributed by atoms with van der Waals surface area (Å²) in [4.78, 5) is 35.0. The molecule has 47 heavy (non-hydrogen) atoms. The highest BCUT2D eigenvalue weighted by Gasteiger charge is 2.40. The number of amides is 1. The molecule has 1 aromatic heterocycles. The molecule has 2 heterocycles. The van der Waals surface area contributed by atoms with E-state index in [0.29, 0.717) is 37.6 Å². The number of hydrogen-bond acceptors (Lipinski definition) is 6. The van der Waals surface area contributed by atoms with Gasteiger partial charge in [-0.1, -0.05) is 91.0 Å². The molecule has 1 aliphatic rings. The quantitative estimate of drug-likeness (QED) is 0.166. The van der Waals surface area contributed by atoms with Crippen LogP contribution in [0.1, 0.15) is 36.1 Å². The van der Waals surface area contributed by atoms with Gasteiger partial charge in [0.1, 0.15) is 5.69 Å². The lowest BCUT2D eigenvalue weighted by atomic mass is 9.98. The SMILES string of the molecule is CC(=O)ON1c2c(ccc3ccccc23)NC(=O)C1c1cn(CCCN)c2ccc(N(Cc3ccccc3)Cc3ccccc3)cc12. The second-order valence-electron chi connectivity index (χ2n) is 11.9. The normalized spacial score (nSPS) is 14.2. The highest BCUT2D eigenvalue weighted by atomic mass is 16.7. The number of aromatic nitrogens is 1. The summed E-state index contributed by atoms with van der Waals surface area (Å²) in [5.74, 6) is -0.782. The predicted molar refractivity (Wildman–Crippen MR) is 188 cm³/mol. The van der Waals surface area contributed by atoms with E-state index in [0.717, 1.165) is 39.3 Å². The van der Waals surface area contributed by atoms with Gasteiger partial charge in [0.2, 0.25) is 0 Å². The van der Waals surface area contributed by atoms with Crippen LogP contribution in [0, 0.1) is 0 Å². The lowest BCUT2D eigenvalue weighted by Crippen LogP contribution is -2.42. The summed E-state index contributed by atoms with van der Waals surface area (Å²) in [6.07, 6.45) is 2.79. The third-order valence-electron chi connectivity index (χ3n) is 8.68. The van der Waals surface area contributed by atoms with E-state index in [-0.39, 0.29) is 5.91 Å². The van der Waals surface area contributed by atoms with Crippen LogP contribution < -0.4 is 21.0 Å². The lowest BCUT2D eigenvalue weighted by molar-refractivity contribution is -0.144. The molecule has 1 amide bonds. The van der Waals surface area contributed by atoms with Crippen LogP contribution in [0.3, 0.4) is 0 Å². The van der Waals surface area contributed by atoms with Crippen molar-refractivity contribution in [3.8, 4) is 0 Å². The molecular formula is C39H37N5O3. The Morgan fingerprint density at radius 2 is 1.53 bits per heavy atom. The van der Waals surface area contributed by atoms with Gasteiger partial charge < -0.3 is 25.4 Å². The molecule has 0 bridgehead atoms. The minimum Gasteiger partial charge on any atom is -0.363 e. The highest BCUT2D eigenvalue weighted by Crippen LogP contribution is 2.45. The van der Waals surface area contributed by atoms with Crippen LogP contribution in [-0.2, 0) is 34.1 Å². The molecule has 0 radical (unpaired) electrons. The van der Waals surface area contributed by atoms with Gasteiger partial charge in [-0.05, 0) is 53.7 Å². The number of hydroxylamine groups is 1. The minimum absolute atomic E-state index is 0.275. The fourth-order valence-corrected chi connectivity index (χ4v) is 6.55. The van der Waals surface area contributed by atoms with Crippen molar-refractivity contribution in [3.05, 3.63) is 138 Å². The first-order valence-corrected chi connectivity index (χ1v) is 16.0. The van der Waals surface area contributed by atoms with Gasteiger partial charge in [0, 0.05) is 60.3 Å². The van der Waals surface area contributed by atoms with Crippen molar-refractivity contribution in [3.63, 3.8) is 0 Å². The average Bonchev–Trinajstić information content (AvgIpc) is 3.44. The predicted octanol–water partition coefficient (Wildman–Crippen LogP) is 7.33. The van der Waals surface area contributed by atoms with Crippen molar-refractivity contribution in [1.29, 1.82) is 0 Å². The first-order valence-electron chi connectivity index (χ1n) is 16.0. The number of benzene rings is 5. The Kier molecular flexibility index (Phi) is 8.33. The lowest BCUT2D eigenvalue weighted by Gasteiger charge is -2.36. The number of hydrogen-bond donors (Lipinski definition) is 2. The number of anilines is 3. The van der Waals surface area contributed by atoms with Crippen LogP contribution in [0.25, 0.3) is 21.7 Å². The van der Waals surface area contributed by atoms with Crippen molar-refractivity contribution in [2.24, 2.45) is 5.73 Å². The maximum Gasteiger partial charge on any atom is 0.329 e. The van der Waals surface area contributed by atoms with E-state index in [1.807, 2.05) is 54.7 Å². The Balaban J connectivity index is 1.39. The molecule has 0 saturated heterocycles. The van der Waals surface area contributed by atoms with Crippen LogP contribution in [0.4, 0.5) is 17.1 Å². The zero-order valence-electron chi connectivity index (χ0n) is 26.3. The van der Waals surface area contributed by atoms with Crippen molar-refractivity contribution < 1.29 is 14.4 Å². The fraction of sp³-hybridized carbons (Fsp3) is 0.179. The van der Waals surface area contributed by atoms with Gasteiger partial charge >= 0.3 is 5.97 Å². The summed E-state index contributed by atoms with van der Waals surface area (Å²) in [5, 5.41) is 7.37. The molecule has 8 heteroatoms. The van der Waals surface area contributed by atoms with E-state index in [4.69, 9.17) is 10.6 Å². The molecule has 3 N–H and O–H groups in total. The topological polar surface area (TPSA) is 92.8 Å². The number of nitrogens with zero attached hydrogens (tertiary/aromatic N) is 3. The number of carbonyl (C=O) groups is 2. The third-order valence-corrected chi connectivity index (χ3v) is 8.68. The Labute approximate surface area is 273 Å². The third kappa shape index (κ3) is 6.03. The monoisotopic (exact) mass is 623 g/mol. The van der Waals surface area contributed by atoms with Crippen LogP contribution in [0.5, 0.6) is 0 Å². The van der Waals surface area contributed by atoms with Crippen LogP contribution in [0.2, 0.25) is 0 Å². The van der Waals surface area contributed by atoms with Crippen molar-refractivity contribution in [1.82, 2.24) is 4.57 Å². The zero-order chi connectivity index (χ0) is 32.3. The van der Waals surface area contributed by atoms with Gasteiger partial charge in [-0.3, -0.25) is 9.59 Å².